The lowest BCUT2D eigenvalue weighted by atomic mass is 9.81. The van der Waals surface area contributed by atoms with Crippen LogP contribution in [-0.4, -0.2) is 16.5 Å². The normalized spacial score (nSPS) is 41.0. The van der Waals surface area contributed by atoms with E-state index in [1.54, 1.807) is 12.3 Å². The van der Waals surface area contributed by atoms with Gasteiger partial charge in [0.2, 0.25) is 11.4 Å². The fourth-order valence-corrected chi connectivity index (χ4v) is 3.70. The first-order valence-electron chi connectivity index (χ1n) is 5.91. The second-order valence-electron chi connectivity index (χ2n) is 5.06. The maximum Gasteiger partial charge on any atom is 0.210 e. The predicted molar refractivity (Wildman–Crippen MR) is 60.3 cm³/mol. The van der Waals surface area contributed by atoms with E-state index >= 15 is 0 Å². The molecule has 1 heterocycles. The maximum atomic E-state index is 12.6. The van der Waals surface area contributed by atoms with Gasteiger partial charge in [-0.1, -0.05) is 24.3 Å². The number of fused-ring (bicyclic) bond motifs is 2. The molecule has 1 aliphatic heterocycles. The molecule has 3 atom stereocenters. The monoisotopic (exact) mass is 228 g/mol. The Balaban J connectivity index is 2.04. The summed E-state index contributed by atoms with van der Waals surface area (Å²) in [6, 6.07) is 7.31. The molecule has 0 amide bonds. The van der Waals surface area contributed by atoms with Crippen molar-refractivity contribution in [1.82, 2.24) is 0 Å². The van der Waals surface area contributed by atoms with Crippen molar-refractivity contribution in [1.29, 1.82) is 0 Å². The number of benzene rings is 1. The van der Waals surface area contributed by atoms with Crippen molar-refractivity contribution in [3.8, 4) is 0 Å². The van der Waals surface area contributed by atoms with Crippen molar-refractivity contribution in [2.24, 2.45) is 5.92 Å². The minimum Gasteiger partial charge on any atom is -0.483 e. The van der Waals surface area contributed by atoms with Crippen LogP contribution in [0.1, 0.15) is 28.8 Å². The Hall–Kier alpha value is -1.61. The molecule has 17 heavy (non-hydrogen) atoms. The van der Waals surface area contributed by atoms with Gasteiger partial charge in [0, 0.05) is 11.5 Å². The summed E-state index contributed by atoms with van der Waals surface area (Å²) < 4.78 is 5.61. The van der Waals surface area contributed by atoms with Crippen LogP contribution in [0.15, 0.2) is 36.6 Å². The van der Waals surface area contributed by atoms with Crippen LogP contribution in [0, 0.1) is 5.92 Å². The summed E-state index contributed by atoms with van der Waals surface area (Å²) in [5.41, 5.74) is -0.870. The van der Waals surface area contributed by atoms with E-state index < -0.39 is 11.2 Å². The van der Waals surface area contributed by atoms with Crippen LogP contribution in [0.5, 0.6) is 0 Å². The van der Waals surface area contributed by atoms with Gasteiger partial charge in [0.15, 0.2) is 0 Å². The van der Waals surface area contributed by atoms with Crippen LogP contribution in [0.2, 0.25) is 0 Å². The standard InChI is InChI=1S/C14H12O3/c15-12-10-3-1-2-4-11(10)13(16)7-5-9-6-8-17-14(9,12)13/h1-4,6,8-9,16H,5,7H2/t9-,13+,14-/m0/s1. The van der Waals surface area contributed by atoms with Crippen molar-refractivity contribution in [2.45, 2.75) is 24.0 Å². The second kappa shape index (κ2) is 2.62. The highest BCUT2D eigenvalue weighted by Gasteiger charge is 2.72. The summed E-state index contributed by atoms with van der Waals surface area (Å²) in [4.78, 5) is 12.6. The Bertz CT molecular complexity index is 562. The van der Waals surface area contributed by atoms with E-state index in [0.717, 1.165) is 12.0 Å². The highest BCUT2D eigenvalue weighted by atomic mass is 16.5. The Morgan fingerprint density at radius 3 is 3.06 bits per heavy atom. The zero-order chi connectivity index (χ0) is 11.7. The zero-order valence-electron chi connectivity index (χ0n) is 9.22. The molecule has 1 N–H and O–H groups in total. The van der Waals surface area contributed by atoms with Gasteiger partial charge in [0.25, 0.3) is 0 Å². The molecule has 3 nitrogen and oxygen atoms in total. The van der Waals surface area contributed by atoms with Gasteiger partial charge in [-0.15, -0.1) is 0 Å². The summed E-state index contributed by atoms with van der Waals surface area (Å²) in [7, 11) is 0. The van der Waals surface area contributed by atoms with Crippen molar-refractivity contribution in [3.05, 3.63) is 47.7 Å². The third-order valence-corrected chi connectivity index (χ3v) is 4.47. The molecule has 1 saturated carbocycles. The Labute approximate surface area is 98.7 Å². The molecule has 0 aromatic heterocycles. The molecule has 86 valence electrons. The lowest BCUT2D eigenvalue weighted by molar-refractivity contribution is -0.108. The minimum absolute atomic E-state index is 0.00685. The lowest BCUT2D eigenvalue weighted by Crippen LogP contribution is -2.51. The molecule has 1 spiro atoms. The molecule has 0 saturated heterocycles. The molecule has 0 radical (unpaired) electrons. The fourth-order valence-electron chi connectivity index (χ4n) is 3.70. The summed E-state index contributed by atoms with van der Waals surface area (Å²) in [6.07, 6.45) is 4.86. The van der Waals surface area contributed by atoms with E-state index in [-0.39, 0.29) is 11.7 Å². The van der Waals surface area contributed by atoms with E-state index in [1.165, 1.54) is 0 Å². The molecule has 1 aromatic rings. The van der Waals surface area contributed by atoms with Gasteiger partial charge in [-0.2, -0.15) is 0 Å². The lowest BCUT2D eigenvalue weighted by Gasteiger charge is -2.34. The van der Waals surface area contributed by atoms with Gasteiger partial charge in [-0.25, -0.2) is 0 Å². The van der Waals surface area contributed by atoms with Gasteiger partial charge >= 0.3 is 0 Å². The molecule has 3 heteroatoms. The number of ether oxygens (including phenoxy) is 1. The highest BCUT2D eigenvalue weighted by molar-refractivity contribution is 6.09. The smallest absolute Gasteiger partial charge is 0.210 e. The number of hydrogen-bond acceptors (Lipinski definition) is 3. The van der Waals surface area contributed by atoms with E-state index in [9.17, 15) is 9.90 Å². The van der Waals surface area contributed by atoms with Gasteiger partial charge in [-0.3, -0.25) is 4.79 Å². The van der Waals surface area contributed by atoms with Gasteiger partial charge in [0.05, 0.1) is 6.26 Å². The third-order valence-electron chi connectivity index (χ3n) is 4.47. The average molecular weight is 228 g/mol. The molecule has 2 aliphatic carbocycles. The van der Waals surface area contributed by atoms with Crippen molar-refractivity contribution in [3.63, 3.8) is 0 Å². The molecule has 3 aliphatic rings. The van der Waals surface area contributed by atoms with Crippen LogP contribution in [-0.2, 0) is 10.3 Å². The van der Waals surface area contributed by atoms with E-state index in [0.29, 0.717) is 12.0 Å². The van der Waals surface area contributed by atoms with E-state index in [1.807, 2.05) is 24.3 Å². The maximum absolute atomic E-state index is 12.6. The van der Waals surface area contributed by atoms with E-state index in [4.69, 9.17) is 4.74 Å². The van der Waals surface area contributed by atoms with Crippen LogP contribution in [0.3, 0.4) is 0 Å². The highest BCUT2D eigenvalue weighted by Crippen LogP contribution is 2.60. The summed E-state index contributed by atoms with van der Waals surface area (Å²) >= 11 is 0. The fraction of sp³-hybridized carbons (Fsp3) is 0.357. The number of rotatable bonds is 0. The molecular formula is C14H12O3. The zero-order valence-corrected chi connectivity index (χ0v) is 9.22. The van der Waals surface area contributed by atoms with Crippen LogP contribution in [0.25, 0.3) is 0 Å². The third kappa shape index (κ3) is 0.775. The number of ketones is 1. The Morgan fingerprint density at radius 2 is 2.18 bits per heavy atom. The number of Topliss-reactive ketones (excluding diaryl/α,β-unsaturated/α-hetero) is 1. The molecule has 1 fully saturated rings. The first kappa shape index (κ1) is 9.42. The van der Waals surface area contributed by atoms with Gasteiger partial charge < -0.3 is 9.84 Å². The predicted octanol–water partition coefficient (Wildman–Crippen LogP) is 1.76. The summed E-state index contributed by atoms with van der Waals surface area (Å²) in [5, 5.41) is 10.9. The SMILES string of the molecule is O=C1c2ccccc2[C@]2(O)CC[C@H]3C=CO[C@]132. The number of carbonyl (C=O) groups is 1. The topological polar surface area (TPSA) is 46.5 Å². The van der Waals surface area contributed by atoms with Crippen LogP contribution < -0.4 is 0 Å². The molecule has 1 aromatic carbocycles. The van der Waals surface area contributed by atoms with E-state index in [2.05, 4.69) is 0 Å². The number of aliphatic hydroxyl groups is 1. The first-order valence-corrected chi connectivity index (χ1v) is 5.91. The van der Waals surface area contributed by atoms with Crippen molar-refractivity contribution >= 4 is 5.78 Å². The summed E-state index contributed by atoms with van der Waals surface area (Å²) in [6.45, 7) is 0. The minimum atomic E-state index is -1.14. The second-order valence-corrected chi connectivity index (χ2v) is 5.06. The van der Waals surface area contributed by atoms with Crippen LogP contribution in [0.4, 0.5) is 0 Å². The quantitative estimate of drug-likeness (QED) is 0.736. The Kier molecular flexibility index (Phi) is 1.45. The van der Waals surface area contributed by atoms with Gasteiger partial charge in [-0.05, 0) is 24.5 Å². The molecule has 0 unspecified atom stereocenters. The largest absolute Gasteiger partial charge is 0.483 e. The van der Waals surface area contributed by atoms with Crippen LogP contribution >= 0.6 is 0 Å². The van der Waals surface area contributed by atoms with Crippen molar-refractivity contribution < 1.29 is 14.6 Å². The van der Waals surface area contributed by atoms with Gasteiger partial charge in [0.1, 0.15) is 5.60 Å². The molecule has 4 rings (SSSR count). The molecular weight excluding hydrogens is 216 g/mol. The number of hydrogen-bond donors (Lipinski definition) is 1. The first-order chi connectivity index (χ1) is 8.20. The average Bonchev–Trinajstić information content (AvgIpc) is 2.94. The molecule has 0 bridgehead atoms. The van der Waals surface area contributed by atoms with Crippen molar-refractivity contribution in [2.75, 3.05) is 0 Å². The Morgan fingerprint density at radius 1 is 1.35 bits per heavy atom. The number of carbonyl (C=O) groups excluding carboxylic acids is 1. The summed E-state index contributed by atoms with van der Waals surface area (Å²) in [5.74, 6) is -0.0597.